The zero-order chi connectivity index (χ0) is 26.6. The quantitative estimate of drug-likeness (QED) is 0.213. The van der Waals surface area contributed by atoms with Crippen LogP contribution in [0.25, 0.3) is 11.6 Å². The summed E-state index contributed by atoms with van der Waals surface area (Å²) in [6.45, 7) is 10.7. The highest BCUT2D eigenvalue weighted by atomic mass is 15.1. The molecule has 5 aromatic carbocycles. The van der Waals surface area contributed by atoms with Crippen LogP contribution in [-0.2, 0) is 0 Å². The van der Waals surface area contributed by atoms with E-state index in [4.69, 9.17) is 0 Å². The van der Waals surface area contributed by atoms with Crippen LogP contribution in [0.2, 0.25) is 0 Å². The average Bonchev–Trinajstić information content (AvgIpc) is 2.92. The van der Waals surface area contributed by atoms with Crippen LogP contribution in [0.1, 0.15) is 44.5 Å². The Labute approximate surface area is 227 Å². The fraction of sp³-hybridized carbons (Fsp3) is 0.135. The lowest BCUT2D eigenvalue weighted by molar-refractivity contribution is 1.24. The molecule has 0 fully saturated rings. The highest BCUT2D eigenvalue weighted by Crippen LogP contribution is 2.36. The number of aryl methyl sites for hydroxylation is 5. The first-order valence-electron chi connectivity index (χ1n) is 13.3. The van der Waals surface area contributed by atoms with E-state index in [1.807, 2.05) is 0 Å². The fourth-order valence-corrected chi connectivity index (χ4v) is 4.69. The van der Waals surface area contributed by atoms with Gasteiger partial charge in [-0.2, -0.15) is 0 Å². The second-order valence-electron chi connectivity index (χ2n) is 10.3. The summed E-state index contributed by atoms with van der Waals surface area (Å²) in [5, 5.41) is 0. The Morgan fingerprint density at radius 1 is 0.447 bits per heavy atom. The molecule has 0 aliphatic heterocycles. The lowest BCUT2D eigenvalue weighted by Crippen LogP contribution is -2.10. The molecule has 0 bridgehead atoms. The Hall–Kier alpha value is -4.36. The molecule has 1 nitrogen and oxygen atoms in total. The van der Waals surface area contributed by atoms with Crippen molar-refractivity contribution in [1.82, 2.24) is 0 Å². The molecule has 0 aliphatic carbocycles. The predicted octanol–water partition coefficient (Wildman–Crippen LogP) is 10.3. The van der Waals surface area contributed by atoms with Gasteiger partial charge < -0.3 is 4.90 Å². The first-order chi connectivity index (χ1) is 18.4. The SMILES string of the molecule is Cc1ccc(C(=Cc2ccc(N(c3ccc(C)cc3)c3ccc(C)c(C)c3)cc2)c2ccc(C)cc2)cc1. The zero-order valence-electron chi connectivity index (χ0n) is 23.0. The maximum atomic E-state index is 2.33. The van der Waals surface area contributed by atoms with Gasteiger partial charge in [-0.3, -0.25) is 0 Å². The molecule has 0 saturated heterocycles. The molecular formula is C37H35N. The third kappa shape index (κ3) is 5.63. The van der Waals surface area contributed by atoms with Crippen LogP contribution in [-0.4, -0.2) is 0 Å². The highest BCUT2D eigenvalue weighted by Gasteiger charge is 2.13. The molecule has 188 valence electrons. The standard InChI is InChI=1S/C37H35N/c1-26-6-15-32(16-7-26)37(33-17-8-27(2)9-18-33)25-31-13-22-35(23-14-31)38(34-19-10-28(3)11-20-34)36-21-12-29(4)30(5)24-36/h6-25H,1-5H3. The molecule has 0 atom stereocenters. The summed E-state index contributed by atoms with van der Waals surface area (Å²) in [5.41, 5.74) is 14.7. The summed E-state index contributed by atoms with van der Waals surface area (Å²) >= 11 is 0. The third-order valence-electron chi connectivity index (χ3n) is 7.23. The van der Waals surface area contributed by atoms with Gasteiger partial charge in [0.15, 0.2) is 0 Å². The van der Waals surface area contributed by atoms with Crippen molar-refractivity contribution in [3.8, 4) is 0 Å². The monoisotopic (exact) mass is 493 g/mol. The van der Waals surface area contributed by atoms with Crippen molar-refractivity contribution < 1.29 is 0 Å². The van der Waals surface area contributed by atoms with Gasteiger partial charge in [-0.1, -0.05) is 95.6 Å². The van der Waals surface area contributed by atoms with Gasteiger partial charge in [0.2, 0.25) is 0 Å². The molecule has 1 heteroatoms. The van der Waals surface area contributed by atoms with Crippen molar-refractivity contribution in [3.05, 3.63) is 160 Å². The minimum absolute atomic E-state index is 1.14. The highest BCUT2D eigenvalue weighted by molar-refractivity contribution is 5.92. The lowest BCUT2D eigenvalue weighted by Gasteiger charge is -2.26. The van der Waals surface area contributed by atoms with E-state index in [1.165, 1.54) is 55.8 Å². The Bertz CT molecular complexity index is 1510. The predicted molar refractivity (Wildman–Crippen MR) is 165 cm³/mol. The Balaban J connectivity index is 1.56. The van der Waals surface area contributed by atoms with Crippen molar-refractivity contribution in [2.45, 2.75) is 34.6 Å². The summed E-state index contributed by atoms with van der Waals surface area (Å²) in [5.74, 6) is 0. The van der Waals surface area contributed by atoms with Gasteiger partial charge in [0.25, 0.3) is 0 Å². The second kappa shape index (κ2) is 10.9. The normalized spacial score (nSPS) is 10.8. The Morgan fingerprint density at radius 2 is 0.868 bits per heavy atom. The van der Waals surface area contributed by atoms with Crippen molar-refractivity contribution in [3.63, 3.8) is 0 Å². The van der Waals surface area contributed by atoms with E-state index in [0.717, 1.165) is 11.4 Å². The fourth-order valence-electron chi connectivity index (χ4n) is 4.69. The summed E-state index contributed by atoms with van der Waals surface area (Å²) in [6, 6.07) is 41.9. The van der Waals surface area contributed by atoms with E-state index in [-0.39, 0.29) is 0 Å². The number of rotatable bonds is 6. The van der Waals surface area contributed by atoms with Gasteiger partial charge in [-0.15, -0.1) is 0 Å². The molecule has 0 unspecified atom stereocenters. The van der Waals surface area contributed by atoms with Gasteiger partial charge in [-0.25, -0.2) is 0 Å². The maximum absolute atomic E-state index is 2.33. The number of hydrogen-bond acceptors (Lipinski definition) is 1. The Kier molecular flexibility index (Phi) is 7.29. The molecule has 0 spiro atoms. The van der Waals surface area contributed by atoms with Gasteiger partial charge in [-0.05, 0) is 110 Å². The first-order valence-corrected chi connectivity index (χ1v) is 13.3. The minimum Gasteiger partial charge on any atom is -0.310 e. The van der Waals surface area contributed by atoms with Crippen LogP contribution in [0.5, 0.6) is 0 Å². The molecule has 0 saturated carbocycles. The van der Waals surface area contributed by atoms with Crippen LogP contribution < -0.4 is 4.90 Å². The first kappa shape index (κ1) is 25.3. The summed E-state index contributed by atoms with van der Waals surface area (Å²) in [7, 11) is 0. The van der Waals surface area contributed by atoms with Crippen molar-refractivity contribution >= 4 is 28.7 Å². The number of benzene rings is 5. The van der Waals surface area contributed by atoms with Crippen LogP contribution in [0.3, 0.4) is 0 Å². The van der Waals surface area contributed by atoms with E-state index < -0.39 is 0 Å². The molecule has 0 N–H and O–H groups in total. The third-order valence-corrected chi connectivity index (χ3v) is 7.23. The van der Waals surface area contributed by atoms with Gasteiger partial charge in [0.05, 0.1) is 0 Å². The topological polar surface area (TPSA) is 3.24 Å². The van der Waals surface area contributed by atoms with Crippen molar-refractivity contribution in [1.29, 1.82) is 0 Å². The van der Waals surface area contributed by atoms with Crippen molar-refractivity contribution in [2.24, 2.45) is 0 Å². The summed E-state index contributed by atoms with van der Waals surface area (Å²) in [6.07, 6.45) is 2.30. The molecule has 0 aliphatic rings. The van der Waals surface area contributed by atoms with E-state index in [2.05, 4.69) is 161 Å². The molecule has 5 rings (SSSR count). The molecule has 0 amide bonds. The second-order valence-corrected chi connectivity index (χ2v) is 10.3. The van der Waals surface area contributed by atoms with Gasteiger partial charge in [0.1, 0.15) is 0 Å². The van der Waals surface area contributed by atoms with E-state index in [9.17, 15) is 0 Å². The molecule has 5 aromatic rings. The number of hydrogen-bond donors (Lipinski definition) is 0. The van der Waals surface area contributed by atoms with Crippen LogP contribution >= 0.6 is 0 Å². The lowest BCUT2D eigenvalue weighted by atomic mass is 9.94. The largest absolute Gasteiger partial charge is 0.310 e. The van der Waals surface area contributed by atoms with Crippen LogP contribution in [0, 0.1) is 34.6 Å². The molecule has 0 radical (unpaired) electrons. The van der Waals surface area contributed by atoms with E-state index in [1.54, 1.807) is 0 Å². The Morgan fingerprint density at radius 3 is 1.34 bits per heavy atom. The van der Waals surface area contributed by atoms with Gasteiger partial charge >= 0.3 is 0 Å². The smallest absolute Gasteiger partial charge is 0.0464 e. The van der Waals surface area contributed by atoms with E-state index in [0.29, 0.717) is 0 Å². The molecule has 0 heterocycles. The van der Waals surface area contributed by atoms with Gasteiger partial charge in [0, 0.05) is 17.1 Å². The summed E-state index contributed by atoms with van der Waals surface area (Å²) in [4.78, 5) is 2.33. The van der Waals surface area contributed by atoms with E-state index >= 15 is 0 Å². The maximum Gasteiger partial charge on any atom is 0.0464 e. The molecular weight excluding hydrogens is 458 g/mol. The number of nitrogens with zero attached hydrogens (tertiary/aromatic N) is 1. The minimum atomic E-state index is 1.14. The van der Waals surface area contributed by atoms with Crippen molar-refractivity contribution in [2.75, 3.05) is 4.90 Å². The summed E-state index contributed by atoms with van der Waals surface area (Å²) < 4.78 is 0. The number of anilines is 3. The van der Waals surface area contributed by atoms with Crippen LogP contribution in [0.15, 0.2) is 115 Å². The zero-order valence-corrected chi connectivity index (χ0v) is 23.0. The average molecular weight is 494 g/mol. The molecule has 0 aromatic heterocycles. The van der Waals surface area contributed by atoms with Crippen LogP contribution in [0.4, 0.5) is 17.1 Å². The molecule has 38 heavy (non-hydrogen) atoms.